The third kappa shape index (κ3) is 8.10. The minimum Gasteiger partial charge on any atom is -0.354 e. The first-order valence-corrected chi connectivity index (χ1v) is 14.5. The number of non-ortho nitro benzene ring substituents is 1. The summed E-state index contributed by atoms with van der Waals surface area (Å²) in [5, 5.41) is 14.3. The molecule has 10 nitrogen and oxygen atoms in total. The van der Waals surface area contributed by atoms with Crippen molar-refractivity contribution < 1.29 is 27.3 Å². The van der Waals surface area contributed by atoms with Gasteiger partial charge in [0.25, 0.3) is 15.7 Å². The number of hydrogen-bond donors (Lipinski definition) is 1. The number of benzene rings is 3. The van der Waals surface area contributed by atoms with E-state index >= 15 is 0 Å². The fraction of sp³-hybridized carbons (Fsp3) is 0.310. The Kier molecular flexibility index (Phi) is 10.5. The number of carbonyl (C=O) groups is 2. The Morgan fingerprint density at radius 3 is 2.24 bits per heavy atom. The van der Waals surface area contributed by atoms with Gasteiger partial charge in [-0.3, -0.25) is 24.0 Å². The average molecular weight is 585 g/mol. The van der Waals surface area contributed by atoms with Crippen LogP contribution >= 0.6 is 0 Å². The molecule has 0 unspecified atom stereocenters. The lowest BCUT2D eigenvalue weighted by Crippen LogP contribution is -2.52. The fourth-order valence-electron chi connectivity index (χ4n) is 4.14. The molecule has 0 aromatic heterocycles. The van der Waals surface area contributed by atoms with Gasteiger partial charge >= 0.3 is 0 Å². The van der Waals surface area contributed by atoms with Gasteiger partial charge in [-0.15, -0.1) is 0 Å². The molecule has 0 spiro atoms. The zero-order valence-corrected chi connectivity index (χ0v) is 23.9. The first-order chi connectivity index (χ1) is 19.4. The molecule has 1 atom stereocenters. The van der Waals surface area contributed by atoms with Crippen molar-refractivity contribution in [3.05, 3.63) is 100 Å². The van der Waals surface area contributed by atoms with E-state index in [9.17, 15) is 32.5 Å². The first-order valence-electron chi connectivity index (χ1n) is 13.1. The van der Waals surface area contributed by atoms with Gasteiger partial charge in [0.15, 0.2) is 0 Å². The number of rotatable bonds is 13. The highest BCUT2D eigenvalue weighted by atomic mass is 32.2. The van der Waals surface area contributed by atoms with E-state index < -0.39 is 45.2 Å². The molecule has 3 rings (SSSR count). The van der Waals surface area contributed by atoms with Gasteiger partial charge in [0.05, 0.1) is 15.5 Å². The molecule has 218 valence electrons. The number of halogens is 1. The van der Waals surface area contributed by atoms with Gasteiger partial charge in [0.2, 0.25) is 11.8 Å². The van der Waals surface area contributed by atoms with Crippen molar-refractivity contribution in [3.63, 3.8) is 0 Å². The van der Waals surface area contributed by atoms with E-state index in [1.54, 1.807) is 13.0 Å². The summed E-state index contributed by atoms with van der Waals surface area (Å²) in [5.41, 5.74) is 0.0870. The Hall–Kier alpha value is -4.32. The summed E-state index contributed by atoms with van der Waals surface area (Å²) in [6, 6.07) is 16.8. The summed E-state index contributed by atoms with van der Waals surface area (Å²) >= 11 is 0. The third-order valence-electron chi connectivity index (χ3n) is 6.28. The van der Waals surface area contributed by atoms with E-state index in [0.717, 1.165) is 10.4 Å². The first kappa shape index (κ1) is 31.2. The highest BCUT2D eigenvalue weighted by Gasteiger charge is 2.34. The lowest BCUT2D eigenvalue weighted by Gasteiger charge is -2.33. The maximum atomic E-state index is 14.0. The number of nitrogens with zero attached hydrogens (tertiary/aromatic N) is 3. The number of nitrogens with one attached hydrogen (secondary N) is 1. The summed E-state index contributed by atoms with van der Waals surface area (Å²) in [7, 11) is -4.36. The standard InChI is InChI=1S/C29H33FN4O6S/c1-4-27(29(36)31-18-21(2)3)32(19-22-13-15-23(30)16-14-22)28(35)20-33(24-9-8-10-25(17-24)34(37)38)41(39,40)26-11-6-5-7-12-26/h5-17,21,27H,4,18-20H2,1-3H3,(H,31,36)/t27-/m1/s1. The Bertz CT molecular complexity index is 1470. The molecule has 2 amide bonds. The van der Waals surface area contributed by atoms with E-state index in [4.69, 9.17) is 0 Å². The van der Waals surface area contributed by atoms with Crippen molar-refractivity contribution in [2.45, 2.75) is 44.7 Å². The molecule has 0 heterocycles. The molecule has 0 saturated carbocycles. The second-order valence-electron chi connectivity index (χ2n) is 9.81. The summed E-state index contributed by atoms with van der Waals surface area (Å²) in [5.74, 6) is -1.45. The van der Waals surface area contributed by atoms with E-state index in [0.29, 0.717) is 12.1 Å². The Balaban J connectivity index is 2.07. The maximum absolute atomic E-state index is 14.0. The van der Waals surface area contributed by atoms with Crippen LogP contribution in [0.2, 0.25) is 0 Å². The van der Waals surface area contributed by atoms with Gasteiger partial charge in [0, 0.05) is 25.2 Å². The minimum atomic E-state index is -4.36. The van der Waals surface area contributed by atoms with Gasteiger partial charge in [-0.2, -0.15) is 0 Å². The van der Waals surface area contributed by atoms with E-state index in [2.05, 4.69) is 5.32 Å². The normalized spacial score (nSPS) is 12.0. The molecule has 12 heteroatoms. The summed E-state index contributed by atoms with van der Waals surface area (Å²) in [4.78, 5) is 39.1. The monoisotopic (exact) mass is 584 g/mol. The smallest absolute Gasteiger partial charge is 0.271 e. The quantitative estimate of drug-likeness (QED) is 0.232. The van der Waals surface area contributed by atoms with Crippen LogP contribution in [0.3, 0.4) is 0 Å². The lowest BCUT2D eigenvalue weighted by molar-refractivity contribution is -0.384. The largest absolute Gasteiger partial charge is 0.354 e. The molecule has 0 radical (unpaired) electrons. The second kappa shape index (κ2) is 13.8. The van der Waals surface area contributed by atoms with Crippen molar-refractivity contribution in [3.8, 4) is 0 Å². The number of carbonyl (C=O) groups excluding carboxylic acids is 2. The average Bonchev–Trinajstić information content (AvgIpc) is 2.96. The van der Waals surface area contributed by atoms with Crippen molar-refractivity contribution in [1.29, 1.82) is 0 Å². The highest BCUT2D eigenvalue weighted by Crippen LogP contribution is 2.27. The van der Waals surface area contributed by atoms with Crippen LogP contribution in [0.5, 0.6) is 0 Å². The summed E-state index contributed by atoms with van der Waals surface area (Å²) in [6.07, 6.45) is 0.221. The van der Waals surface area contributed by atoms with Crippen molar-refractivity contribution >= 4 is 33.2 Å². The highest BCUT2D eigenvalue weighted by molar-refractivity contribution is 7.92. The SMILES string of the molecule is CC[C@H](C(=O)NCC(C)C)N(Cc1ccc(F)cc1)C(=O)CN(c1cccc([N+](=O)[O-])c1)S(=O)(=O)c1ccccc1. The predicted molar refractivity (Wildman–Crippen MR) is 153 cm³/mol. The molecule has 0 saturated heterocycles. The van der Waals surface area contributed by atoms with E-state index in [1.807, 2.05) is 13.8 Å². The third-order valence-corrected chi connectivity index (χ3v) is 8.06. The Morgan fingerprint density at radius 1 is 1.00 bits per heavy atom. The zero-order valence-electron chi connectivity index (χ0n) is 23.1. The van der Waals surface area contributed by atoms with Crippen LogP contribution in [-0.2, 0) is 26.2 Å². The number of sulfonamides is 1. The number of hydrogen-bond acceptors (Lipinski definition) is 6. The van der Waals surface area contributed by atoms with Gasteiger partial charge in [0.1, 0.15) is 18.4 Å². The molecule has 0 aliphatic heterocycles. The molecule has 0 aliphatic rings. The molecule has 0 fully saturated rings. The molecule has 0 bridgehead atoms. The molecular weight excluding hydrogens is 551 g/mol. The summed E-state index contributed by atoms with van der Waals surface area (Å²) < 4.78 is 42.0. The Labute approximate surface area is 239 Å². The van der Waals surface area contributed by atoms with Crippen LogP contribution in [-0.4, -0.2) is 49.2 Å². The Morgan fingerprint density at radius 2 is 1.66 bits per heavy atom. The van der Waals surface area contributed by atoms with Gasteiger partial charge in [-0.25, -0.2) is 12.8 Å². The molecule has 41 heavy (non-hydrogen) atoms. The zero-order chi connectivity index (χ0) is 30.2. The van der Waals surface area contributed by atoms with Gasteiger partial charge < -0.3 is 10.2 Å². The lowest BCUT2D eigenvalue weighted by atomic mass is 10.1. The predicted octanol–water partition coefficient (Wildman–Crippen LogP) is 4.51. The van der Waals surface area contributed by atoms with Crippen LogP contribution in [0.25, 0.3) is 0 Å². The second-order valence-corrected chi connectivity index (χ2v) is 11.7. The molecule has 1 N–H and O–H groups in total. The molecular formula is C29H33FN4O6S. The topological polar surface area (TPSA) is 130 Å². The van der Waals surface area contributed by atoms with Crippen LogP contribution in [0.4, 0.5) is 15.8 Å². The fourth-order valence-corrected chi connectivity index (χ4v) is 5.57. The van der Waals surface area contributed by atoms with Crippen molar-refractivity contribution in [2.75, 3.05) is 17.4 Å². The number of nitro groups is 1. The number of amides is 2. The van der Waals surface area contributed by atoms with Gasteiger partial charge in [-0.1, -0.05) is 57.2 Å². The van der Waals surface area contributed by atoms with Crippen LogP contribution in [0.15, 0.2) is 83.8 Å². The minimum absolute atomic E-state index is 0.0876. The van der Waals surface area contributed by atoms with E-state index in [-0.39, 0.29) is 35.2 Å². The van der Waals surface area contributed by atoms with Crippen LogP contribution in [0.1, 0.15) is 32.8 Å². The van der Waals surface area contributed by atoms with Crippen LogP contribution < -0.4 is 9.62 Å². The molecule has 3 aromatic rings. The van der Waals surface area contributed by atoms with E-state index in [1.165, 1.54) is 71.6 Å². The number of anilines is 1. The molecule has 3 aromatic carbocycles. The van der Waals surface area contributed by atoms with Crippen LogP contribution in [0, 0.1) is 21.8 Å². The van der Waals surface area contributed by atoms with Gasteiger partial charge in [-0.05, 0) is 48.2 Å². The number of nitro benzene ring substituents is 1. The summed E-state index contributed by atoms with van der Waals surface area (Å²) in [6.45, 7) is 5.11. The van der Waals surface area contributed by atoms with Crippen molar-refractivity contribution in [1.82, 2.24) is 10.2 Å². The maximum Gasteiger partial charge on any atom is 0.271 e. The molecule has 0 aliphatic carbocycles. The van der Waals surface area contributed by atoms with Crippen molar-refractivity contribution in [2.24, 2.45) is 5.92 Å².